The molecule has 0 unspecified atom stereocenters. The minimum atomic E-state index is -0.673. The van der Waals surface area contributed by atoms with Gasteiger partial charge in [0.05, 0.1) is 0 Å². The molecule has 3 amide bonds. The van der Waals surface area contributed by atoms with E-state index >= 15 is 0 Å². The largest absolute Gasteiger partial charge is 0.354 e. The SMILES string of the molecule is CCC[C@@H](NC(=O)Nc1ccc(Cl)cc1)C(=O)Nc1ccc(N2CCNC2=N)c(C)c1. The van der Waals surface area contributed by atoms with Crippen LogP contribution in [-0.2, 0) is 4.79 Å². The normalized spacial score (nSPS) is 14.0. The Labute approximate surface area is 186 Å². The third-order valence-corrected chi connectivity index (χ3v) is 5.21. The Kier molecular flexibility index (Phi) is 7.36. The van der Waals surface area contributed by atoms with Crippen molar-refractivity contribution in [3.8, 4) is 0 Å². The number of urea groups is 1. The van der Waals surface area contributed by atoms with Gasteiger partial charge in [0.2, 0.25) is 5.91 Å². The van der Waals surface area contributed by atoms with E-state index in [2.05, 4.69) is 21.3 Å². The molecule has 3 rings (SSSR count). The van der Waals surface area contributed by atoms with Gasteiger partial charge < -0.3 is 26.2 Å². The van der Waals surface area contributed by atoms with E-state index in [1.807, 2.05) is 36.9 Å². The van der Waals surface area contributed by atoms with Crippen LogP contribution in [0.2, 0.25) is 5.02 Å². The van der Waals surface area contributed by atoms with Crippen molar-refractivity contribution in [2.24, 2.45) is 0 Å². The number of guanidine groups is 1. The fourth-order valence-electron chi connectivity index (χ4n) is 3.42. The van der Waals surface area contributed by atoms with Crippen molar-refractivity contribution in [3.05, 3.63) is 53.1 Å². The summed E-state index contributed by atoms with van der Waals surface area (Å²) >= 11 is 5.86. The van der Waals surface area contributed by atoms with Crippen LogP contribution in [-0.4, -0.2) is 37.0 Å². The van der Waals surface area contributed by atoms with Crippen molar-refractivity contribution in [3.63, 3.8) is 0 Å². The zero-order chi connectivity index (χ0) is 22.4. The number of rotatable bonds is 7. The van der Waals surface area contributed by atoms with Gasteiger partial charge in [-0.1, -0.05) is 24.9 Å². The monoisotopic (exact) mass is 442 g/mol. The van der Waals surface area contributed by atoms with Gasteiger partial charge in [0.1, 0.15) is 6.04 Å². The summed E-state index contributed by atoms with van der Waals surface area (Å²) in [5.41, 5.74) is 3.11. The molecule has 5 N–H and O–H groups in total. The van der Waals surface area contributed by atoms with Gasteiger partial charge >= 0.3 is 6.03 Å². The Morgan fingerprint density at radius 2 is 1.87 bits per heavy atom. The minimum absolute atomic E-state index is 0.282. The molecule has 1 aliphatic rings. The quantitative estimate of drug-likeness (QED) is 0.447. The number of benzene rings is 2. The molecular weight excluding hydrogens is 416 g/mol. The minimum Gasteiger partial charge on any atom is -0.354 e. The Balaban J connectivity index is 1.63. The Morgan fingerprint density at radius 3 is 2.48 bits per heavy atom. The van der Waals surface area contributed by atoms with Crippen LogP contribution >= 0.6 is 11.6 Å². The van der Waals surface area contributed by atoms with Crippen LogP contribution in [0.3, 0.4) is 0 Å². The molecule has 0 radical (unpaired) electrons. The maximum Gasteiger partial charge on any atom is 0.319 e. The molecule has 0 spiro atoms. The molecule has 1 saturated heterocycles. The summed E-state index contributed by atoms with van der Waals surface area (Å²) in [7, 11) is 0. The number of anilines is 3. The van der Waals surface area contributed by atoms with Gasteiger partial charge in [-0.3, -0.25) is 10.2 Å². The molecule has 8 nitrogen and oxygen atoms in total. The first kappa shape index (κ1) is 22.4. The summed E-state index contributed by atoms with van der Waals surface area (Å²) in [6.45, 7) is 5.37. The number of amides is 3. The third kappa shape index (κ3) is 5.88. The lowest BCUT2D eigenvalue weighted by molar-refractivity contribution is -0.118. The summed E-state index contributed by atoms with van der Waals surface area (Å²) in [5, 5.41) is 19.9. The Hall–Kier alpha value is -3.26. The average Bonchev–Trinajstić information content (AvgIpc) is 3.15. The first-order valence-corrected chi connectivity index (χ1v) is 10.6. The van der Waals surface area contributed by atoms with Gasteiger partial charge in [0.25, 0.3) is 0 Å². The Bertz CT molecular complexity index is 963. The molecule has 9 heteroatoms. The van der Waals surface area contributed by atoms with Gasteiger partial charge in [0, 0.05) is 35.2 Å². The molecule has 1 atom stereocenters. The fourth-order valence-corrected chi connectivity index (χ4v) is 3.54. The number of nitrogens with zero attached hydrogens (tertiary/aromatic N) is 1. The van der Waals surface area contributed by atoms with Crippen molar-refractivity contribution in [2.45, 2.75) is 32.7 Å². The van der Waals surface area contributed by atoms with E-state index in [4.69, 9.17) is 17.0 Å². The van der Waals surface area contributed by atoms with E-state index in [-0.39, 0.29) is 5.91 Å². The molecule has 0 aromatic heterocycles. The molecule has 31 heavy (non-hydrogen) atoms. The van der Waals surface area contributed by atoms with Crippen LogP contribution in [0.1, 0.15) is 25.3 Å². The lowest BCUT2D eigenvalue weighted by Crippen LogP contribution is -2.45. The molecule has 0 saturated carbocycles. The second-order valence-corrected chi connectivity index (χ2v) is 7.80. The van der Waals surface area contributed by atoms with E-state index in [0.29, 0.717) is 28.8 Å². The molecular formula is C22H27ClN6O2. The van der Waals surface area contributed by atoms with Crippen molar-refractivity contribution in [1.82, 2.24) is 10.6 Å². The van der Waals surface area contributed by atoms with Crippen LogP contribution in [0.5, 0.6) is 0 Å². The van der Waals surface area contributed by atoms with Crippen molar-refractivity contribution < 1.29 is 9.59 Å². The highest BCUT2D eigenvalue weighted by Crippen LogP contribution is 2.25. The molecule has 2 aromatic rings. The van der Waals surface area contributed by atoms with Crippen molar-refractivity contribution in [2.75, 3.05) is 28.6 Å². The summed E-state index contributed by atoms with van der Waals surface area (Å²) in [6.07, 6.45) is 1.24. The van der Waals surface area contributed by atoms with Crippen LogP contribution in [0, 0.1) is 12.3 Å². The second kappa shape index (κ2) is 10.2. The highest BCUT2D eigenvalue weighted by Gasteiger charge is 2.22. The van der Waals surface area contributed by atoms with E-state index in [1.165, 1.54) is 0 Å². The summed E-state index contributed by atoms with van der Waals surface area (Å²) < 4.78 is 0. The maximum atomic E-state index is 12.8. The number of hydrogen-bond donors (Lipinski definition) is 5. The van der Waals surface area contributed by atoms with Gasteiger partial charge in [-0.15, -0.1) is 0 Å². The van der Waals surface area contributed by atoms with E-state index in [0.717, 1.165) is 30.8 Å². The molecule has 1 heterocycles. The number of nitrogens with one attached hydrogen (secondary N) is 5. The van der Waals surface area contributed by atoms with E-state index in [9.17, 15) is 9.59 Å². The molecule has 0 bridgehead atoms. The first-order valence-electron chi connectivity index (χ1n) is 10.2. The lowest BCUT2D eigenvalue weighted by atomic mass is 10.1. The molecule has 1 fully saturated rings. The van der Waals surface area contributed by atoms with E-state index < -0.39 is 12.1 Å². The molecule has 0 aliphatic carbocycles. The fraction of sp³-hybridized carbons (Fsp3) is 0.318. The summed E-state index contributed by atoms with van der Waals surface area (Å²) in [5.74, 6) is 0.0923. The molecule has 1 aliphatic heterocycles. The number of hydrogen-bond acceptors (Lipinski definition) is 3. The Morgan fingerprint density at radius 1 is 1.16 bits per heavy atom. The van der Waals surface area contributed by atoms with Crippen molar-refractivity contribution in [1.29, 1.82) is 5.41 Å². The molecule has 2 aromatic carbocycles. The van der Waals surface area contributed by atoms with Crippen LogP contribution < -0.4 is 26.2 Å². The lowest BCUT2D eigenvalue weighted by Gasteiger charge is -2.21. The van der Waals surface area contributed by atoms with Gasteiger partial charge in [0.15, 0.2) is 5.96 Å². The zero-order valence-electron chi connectivity index (χ0n) is 17.6. The maximum absolute atomic E-state index is 12.8. The predicted octanol–water partition coefficient (Wildman–Crippen LogP) is 3.92. The highest BCUT2D eigenvalue weighted by molar-refractivity contribution is 6.30. The summed E-state index contributed by atoms with van der Waals surface area (Å²) in [4.78, 5) is 27.1. The number of aryl methyl sites for hydroxylation is 1. The van der Waals surface area contributed by atoms with Crippen LogP contribution in [0.15, 0.2) is 42.5 Å². The third-order valence-electron chi connectivity index (χ3n) is 4.95. The highest BCUT2D eigenvalue weighted by atomic mass is 35.5. The number of halogens is 1. The molecule has 164 valence electrons. The van der Waals surface area contributed by atoms with Crippen molar-refractivity contribution >= 4 is 46.6 Å². The average molecular weight is 443 g/mol. The number of carbonyl (C=O) groups excluding carboxylic acids is 2. The van der Waals surface area contributed by atoms with E-state index in [1.54, 1.807) is 24.3 Å². The van der Waals surface area contributed by atoms with Gasteiger partial charge in [-0.05, 0) is 61.4 Å². The topological polar surface area (TPSA) is 109 Å². The van der Waals surface area contributed by atoms with Gasteiger partial charge in [-0.2, -0.15) is 0 Å². The predicted molar refractivity (Wildman–Crippen MR) is 125 cm³/mol. The van der Waals surface area contributed by atoms with Gasteiger partial charge in [-0.25, -0.2) is 4.79 Å². The second-order valence-electron chi connectivity index (χ2n) is 7.36. The smallest absolute Gasteiger partial charge is 0.319 e. The van der Waals surface area contributed by atoms with Crippen LogP contribution in [0.4, 0.5) is 21.9 Å². The van der Waals surface area contributed by atoms with Crippen LogP contribution in [0.25, 0.3) is 0 Å². The summed E-state index contributed by atoms with van der Waals surface area (Å²) in [6, 6.07) is 11.2. The first-order chi connectivity index (χ1) is 14.9. The standard InChI is InChI=1S/C22H27ClN6O2/c1-3-4-18(28-22(31)27-16-7-5-15(23)6-8-16)20(30)26-17-9-10-19(14(2)13-17)29-12-11-25-21(29)24/h5-10,13,18H,3-4,11-12H2,1-2H3,(H2,24,25)(H,26,30)(H2,27,28,31)/t18-/m1/s1. The zero-order valence-corrected chi connectivity index (χ0v) is 18.3. The number of carbonyl (C=O) groups is 2.